The summed E-state index contributed by atoms with van der Waals surface area (Å²) in [6, 6.07) is 12.8. The monoisotopic (exact) mass is 560 g/mol. The van der Waals surface area contributed by atoms with Gasteiger partial charge in [-0.05, 0) is 54.6 Å². The number of anilines is 1. The third-order valence-electron chi connectivity index (χ3n) is 5.07. The minimum atomic E-state index is -5.12. The molecule has 0 atom stereocenters. The van der Waals surface area contributed by atoms with Gasteiger partial charge < -0.3 is 4.74 Å². The number of amides is 1. The van der Waals surface area contributed by atoms with Crippen molar-refractivity contribution in [3.8, 4) is 0 Å². The molecule has 198 valence electrons. The fourth-order valence-electron chi connectivity index (χ4n) is 3.29. The van der Waals surface area contributed by atoms with E-state index in [0.717, 1.165) is 24.1 Å². The maximum Gasteiger partial charge on any atom is 0.417 e. The molecule has 0 heterocycles. The van der Waals surface area contributed by atoms with Crippen molar-refractivity contribution in [3.63, 3.8) is 0 Å². The number of benzene rings is 3. The van der Waals surface area contributed by atoms with Crippen molar-refractivity contribution in [2.45, 2.75) is 20.9 Å². The van der Waals surface area contributed by atoms with E-state index in [1.165, 1.54) is 42.5 Å². The van der Waals surface area contributed by atoms with Crippen LogP contribution in [0, 0.1) is 5.82 Å². The Bertz CT molecular complexity index is 1480. The van der Waals surface area contributed by atoms with Crippen LogP contribution in [-0.2, 0) is 30.8 Å². The lowest BCUT2D eigenvalue weighted by Crippen LogP contribution is -2.39. The van der Waals surface area contributed by atoms with Crippen molar-refractivity contribution in [1.29, 1.82) is 0 Å². The standard InChI is InChI=1S/C23H20F4N2O6S2/c1-35-22(30)29(17-9-7-16(24)8-10-17)14-13-28-37(33,34)21-15-19(11-12-20(21)23(25,26)27)36(31,32)18-5-3-2-4-6-18/h2-12,15,28H,13-14H2,1H3. The van der Waals surface area contributed by atoms with Gasteiger partial charge in [0.25, 0.3) is 0 Å². The van der Waals surface area contributed by atoms with Crippen molar-refractivity contribution in [1.82, 2.24) is 4.72 Å². The predicted octanol–water partition coefficient (Wildman–Crippen LogP) is 4.23. The average molecular weight is 561 g/mol. The van der Waals surface area contributed by atoms with E-state index in [-0.39, 0.29) is 10.6 Å². The van der Waals surface area contributed by atoms with E-state index in [4.69, 9.17) is 0 Å². The zero-order valence-corrected chi connectivity index (χ0v) is 20.7. The molecule has 0 aliphatic heterocycles. The third-order valence-corrected chi connectivity index (χ3v) is 8.34. The Kier molecular flexibility index (Phi) is 8.25. The highest BCUT2D eigenvalue weighted by Crippen LogP contribution is 2.36. The molecule has 1 amide bonds. The highest BCUT2D eigenvalue weighted by molar-refractivity contribution is 7.91. The molecule has 0 aromatic heterocycles. The maximum atomic E-state index is 13.6. The van der Waals surface area contributed by atoms with Gasteiger partial charge in [0.05, 0.1) is 27.4 Å². The first-order valence-electron chi connectivity index (χ1n) is 10.4. The molecule has 37 heavy (non-hydrogen) atoms. The summed E-state index contributed by atoms with van der Waals surface area (Å²) in [5, 5.41) is 0. The van der Waals surface area contributed by atoms with Gasteiger partial charge in [-0.3, -0.25) is 4.90 Å². The minimum absolute atomic E-state index is 0.138. The summed E-state index contributed by atoms with van der Waals surface area (Å²) >= 11 is 0. The number of rotatable bonds is 8. The number of carbonyl (C=O) groups is 1. The van der Waals surface area contributed by atoms with Crippen LogP contribution in [0.5, 0.6) is 0 Å². The number of sulfone groups is 1. The molecule has 0 radical (unpaired) electrons. The summed E-state index contributed by atoms with van der Waals surface area (Å²) in [5.74, 6) is -0.598. The molecule has 3 rings (SSSR count). The SMILES string of the molecule is COC(=O)N(CCNS(=O)(=O)c1cc(S(=O)(=O)c2ccccc2)ccc1C(F)(F)F)c1ccc(F)cc1. The molecule has 3 aromatic carbocycles. The van der Waals surface area contributed by atoms with Gasteiger partial charge in [-0.1, -0.05) is 18.2 Å². The molecule has 1 N–H and O–H groups in total. The fourth-order valence-corrected chi connectivity index (χ4v) is 5.94. The number of alkyl halides is 3. The number of nitrogens with one attached hydrogen (secondary N) is 1. The molecule has 0 bridgehead atoms. The van der Waals surface area contributed by atoms with E-state index in [9.17, 15) is 39.2 Å². The second kappa shape index (κ2) is 10.9. The predicted molar refractivity (Wildman–Crippen MR) is 125 cm³/mol. The van der Waals surface area contributed by atoms with Gasteiger partial charge in [0.1, 0.15) is 5.82 Å². The summed E-state index contributed by atoms with van der Waals surface area (Å²) in [5.41, 5.74) is -1.44. The first-order valence-corrected chi connectivity index (χ1v) is 13.4. The Morgan fingerprint density at radius 1 is 0.919 bits per heavy atom. The second-order valence-electron chi connectivity index (χ2n) is 7.47. The molecule has 0 aliphatic carbocycles. The van der Waals surface area contributed by atoms with E-state index in [2.05, 4.69) is 4.74 Å². The molecule has 3 aromatic rings. The van der Waals surface area contributed by atoms with E-state index < -0.39 is 66.4 Å². The lowest BCUT2D eigenvalue weighted by molar-refractivity contribution is -0.139. The Labute approximate surface area is 210 Å². The molecular formula is C23H20F4N2O6S2. The van der Waals surface area contributed by atoms with Crippen LogP contribution >= 0.6 is 0 Å². The number of hydrogen-bond acceptors (Lipinski definition) is 6. The van der Waals surface area contributed by atoms with Crippen molar-refractivity contribution in [2.24, 2.45) is 0 Å². The number of sulfonamides is 1. The van der Waals surface area contributed by atoms with Crippen LogP contribution < -0.4 is 9.62 Å². The van der Waals surface area contributed by atoms with Crippen LogP contribution in [0.15, 0.2) is 87.5 Å². The molecule has 0 saturated heterocycles. The summed E-state index contributed by atoms with van der Waals surface area (Å²) in [4.78, 5) is 10.9. The zero-order chi connectivity index (χ0) is 27.4. The number of ether oxygens (including phenoxy) is 1. The van der Waals surface area contributed by atoms with Crippen LogP contribution in [0.1, 0.15) is 5.56 Å². The van der Waals surface area contributed by atoms with E-state index >= 15 is 0 Å². The minimum Gasteiger partial charge on any atom is -0.452 e. The van der Waals surface area contributed by atoms with Crippen molar-refractivity contribution >= 4 is 31.6 Å². The van der Waals surface area contributed by atoms with E-state index in [0.29, 0.717) is 18.2 Å². The smallest absolute Gasteiger partial charge is 0.417 e. The highest BCUT2D eigenvalue weighted by Gasteiger charge is 2.38. The number of halogens is 4. The first-order chi connectivity index (χ1) is 17.3. The number of hydrogen-bond donors (Lipinski definition) is 1. The fraction of sp³-hybridized carbons (Fsp3) is 0.174. The zero-order valence-electron chi connectivity index (χ0n) is 19.1. The number of nitrogens with zero attached hydrogens (tertiary/aromatic N) is 1. The third kappa shape index (κ3) is 6.45. The number of carbonyl (C=O) groups excluding carboxylic acids is 1. The molecule has 0 spiro atoms. The Morgan fingerprint density at radius 3 is 2.11 bits per heavy atom. The van der Waals surface area contributed by atoms with E-state index in [1.807, 2.05) is 4.72 Å². The highest BCUT2D eigenvalue weighted by atomic mass is 32.2. The quantitative estimate of drug-likeness (QED) is 0.413. The van der Waals surface area contributed by atoms with Gasteiger partial charge in [0, 0.05) is 18.8 Å². The van der Waals surface area contributed by atoms with Crippen LogP contribution in [0.3, 0.4) is 0 Å². The molecule has 0 unspecified atom stereocenters. The Hall–Kier alpha value is -3.49. The van der Waals surface area contributed by atoms with Gasteiger partial charge >= 0.3 is 12.3 Å². The van der Waals surface area contributed by atoms with Crippen LogP contribution in [0.4, 0.5) is 28.0 Å². The Morgan fingerprint density at radius 2 is 1.54 bits per heavy atom. The lowest BCUT2D eigenvalue weighted by atomic mass is 10.2. The normalized spacial score (nSPS) is 12.2. The largest absolute Gasteiger partial charge is 0.452 e. The van der Waals surface area contributed by atoms with Crippen molar-refractivity contribution in [2.75, 3.05) is 25.1 Å². The molecule has 8 nitrogen and oxygen atoms in total. The van der Waals surface area contributed by atoms with Gasteiger partial charge in [0.2, 0.25) is 19.9 Å². The van der Waals surface area contributed by atoms with E-state index in [1.54, 1.807) is 0 Å². The molecule has 14 heteroatoms. The molecule has 0 fully saturated rings. The maximum absolute atomic E-state index is 13.6. The van der Waals surface area contributed by atoms with Gasteiger partial charge in [-0.2, -0.15) is 13.2 Å². The lowest BCUT2D eigenvalue weighted by Gasteiger charge is -2.22. The summed E-state index contributed by atoms with van der Waals surface area (Å²) < 4.78 is 112. The molecule has 0 aliphatic rings. The molecule has 0 saturated carbocycles. The van der Waals surface area contributed by atoms with Gasteiger partial charge in [0.15, 0.2) is 0 Å². The van der Waals surface area contributed by atoms with Crippen LogP contribution in [0.2, 0.25) is 0 Å². The summed E-state index contributed by atoms with van der Waals surface area (Å²) in [7, 11) is -8.21. The summed E-state index contributed by atoms with van der Waals surface area (Å²) in [6.07, 6.45) is -6.05. The van der Waals surface area contributed by atoms with Gasteiger partial charge in [-0.25, -0.2) is 30.7 Å². The topological polar surface area (TPSA) is 110 Å². The van der Waals surface area contributed by atoms with Gasteiger partial charge in [-0.15, -0.1) is 0 Å². The second-order valence-corrected chi connectivity index (χ2v) is 11.2. The summed E-state index contributed by atoms with van der Waals surface area (Å²) in [6.45, 7) is -0.983. The molecular weight excluding hydrogens is 540 g/mol. The first kappa shape index (κ1) is 28.1. The van der Waals surface area contributed by atoms with Crippen LogP contribution in [-0.4, -0.2) is 43.1 Å². The Balaban J connectivity index is 1.94. The van der Waals surface area contributed by atoms with Crippen molar-refractivity contribution < 1.29 is 43.9 Å². The average Bonchev–Trinajstić information content (AvgIpc) is 2.86. The number of methoxy groups -OCH3 is 1. The van der Waals surface area contributed by atoms with Crippen LogP contribution in [0.25, 0.3) is 0 Å². The van der Waals surface area contributed by atoms with Crippen molar-refractivity contribution in [3.05, 3.63) is 84.2 Å².